The summed E-state index contributed by atoms with van der Waals surface area (Å²) in [6.45, 7) is 4.92. The molecule has 0 aliphatic rings. The van der Waals surface area contributed by atoms with Gasteiger partial charge in [0.1, 0.15) is 11.4 Å². The van der Waals surface area contributed by atoms with E-state index in [0.717, 1.165) is 39.0 Å². The summed E-state index contributed by atoms with van der Waals surface area (Å²) in [6.07, 6.45) is 5.12. The van der Waals surface area contributed by atoms with Crippen LogP contribution < -0.4 is 0 Å². The summed E-state index contributed by atoms with van der Waals surface area (Å²) >= 11 is 1.52. The average molecular weight is 348 g/mol. The maximum absolute atomic E-state index is 4.46. The third-order valence-electron chi connectivity index (χ3n) is 3.91. The maximum atomic E-state index is 4.46. The summed E-state index contributed by atoms with van der Waals surface area (Å²) in [4.78, 5) is 12.9. The van der Waals surface area contributed by atoms with Gasteiger partial charge in [0, 0.05) is 29.9 Å². The van der Waals surface area contributed by atoms with Gasteiger partial charge in [-0.25, -0.2) is 9.97 Å². The molecule has 0 amide bonds. The Morgan fingerprint density at radius 1 is 1.04 bits per heavy atom. The Morgan fingerprint density at radius 2 is 1.88 bits per heavy atom. The van der Waals surface area contributed by atoms with Crippen LogP contribution in [-0.2, 0) is 6.54 Å². The molecule has 0 spiro atoms. The predicted molar refractivity (Wildman–Crippen MR) is 97.3 cm³/mol. The van der Waals surface area contributed by atoms with Gasteiger partial charge in [-0.15, -0.1) is 10.2 Å². The number of pyridine rings is 1. The van der Waals surface area contributed by atoms with E-state index < -0.39 is 0 Å². The van der Waals surface area contributed by atoms with Gasteiger partial charge in [0.15, 0.2) is 11.0 Å². The molecule has 6 nitrogen and oxygen atoms in total. The van der Waals surface area contributed by atoms with Crippen molar-refractivity contribution in [3.05, 3.63) is 54.6 Å². The molecule has 0 aliphatic carbocycles. The van der Waals surface area contributed by atoms with Gasteiger partial charge in [0.25, 0.3) is 0 Å². The first-order chi connectivity index (χ1) is 12.3. The molecule has 0 atom stereocenters. The first kappa shape index (κ1) is 15.7. The molecule has 124 valence electrons. The van der Waals surface area contributed by atoms with E-state index in [1.807, 2.05) is 18.2 Å². The number of nitrogens with zero attached hydrogens (tertiary/aromatic N) is 6. The Kier molecular flexibility index (Phi) is 4.15. The highest BCUT2D eigenvalue weighted by Crippen LogP contribution is 2.32. The number of aryl methyl sites for hydroxylation is 1. The molecule has 0 fully saturated rings. The van der Waals surface area contributed by atoms with Gasteiger partial charge in [-0.1, -0.05) is 11.6 Å². The van der Waals surface area contributed by atoms with Gasteiger partial charge in [-0.2, -0.15) is 0 Å². The van der Waals surface area contributed by atoms with E-state index in [-0.39, 0.29) is 0 Å². The van der Waals surface area contributed by atoms with Crippen LogP contribution in [0.15, 0.2) is 59.2 Å². The van der Waals surface area contributed by atoms with E-state index >= 15 is 0 Å². The molecule has 0 saturated heterocycles. The van der Waals surface area contributed by atoms with Crippen molar-refractivity contribution in [2.24, 2.45) is 0 Å². The van der Waals surface area contributed by atoms with Crippen molar-refractivity contribution in [2.45, 2.75) is 30.6 Å². The molecule has 4 aromatic rings. The van der Waals surface area contributed by atoms with E-state index in [4.69, 9.17) is 0 Å². The fourth-order valence-electron chi connectivity index (χ4n) is 2.68. The highest BCUT2D eigenvalue weighted by Gasteiger charge is 2.16. The molecule has 0 bridgehead atoms. The van der Waals surface area contributed by atoms with Crippen LogP contribution in [0.1, 0.15) is 12.5 Å². The van der Waals surface area contributed by atoms with Crippen LogP contribution in [0.25, 0.3) is 22.3 Å². The summed E-state index contributed by atoms with van der Waals surface area (Å²) in [6, 6.07) is 10.1. The highest BCUT2D eigenvalue weighted by molar-refractivity contribution is 7.99. The third-order valence-corrected chi connectivity index (χ3v) is 4.92. The second kappa shape index (κ2) is 6.60. The summed E-state index contributed by atoms with van der Waals surface area (Å²) < 4.78 is 2.09. The first-order valence-electron chi connectivity index (χ1n) is 7.99. The second-order valence-electron chi connectivity index (χ2n) is 5.59. The molecule has 3 aromatic heterocycles. The van der Waals surface area contributed by atoms with Crippen molar-refractivity contribution in [3.63, 3.8) is 0 Å². The number of hydrogen-bond acceptors (Lipinski definition) is 6. The molecule has 0 unspecified atom stereocenters. The van der Waals surface area contributed by atoms with Gasteiger partial charge in [0.2, 0.25) is 0 Å². The van der Waals surface area contributed by atoms with Crippen molar-refractivity contribution in [1.29, 1.82) is 0 Å². The van der Waals surface area contributed by atoms with E-state index in [9.17, 15) is 0 Å². The molecule has 0 radical (unpaired) electrons. The van der Waals surface area contributed by atoms with Crippen molar-refractivity contribution < 1.29 is 0 Å². The van der Waals surface area contributed by atoms with E-state index in [0.29, 0.717) is 0 Å². The fourth-order valence-corrected chi connectivity index (χ4v) is 3.63. The van der Waals surface area contributed by atoms with Gasteiger partial charge >= 0.3 is 0 Å². The fraction of sp³-hybridized carbons (Fsp3) is 0.167. The standard InChI is InChI=1S/C18H16N6S/c1-3-24-16(13-6-8-19-9-7-13)22-23-18(24)25-17-14-10-12(2)4-5-15(14)20-11-21-17/h4-11H,3H2,1-2H3. The molecule has 3 heterocycles. The van der Waals surface area contributed by atoms with E-state index in [2.05, 4.69) is 55.7 Å². The molecule has 0 aliphatic heterocycles. The summed E-state index contributed by atoms with van der Waals surface area (Å²) in [5.41, 5.74) is 3.11. The topological polar surface area (TPSA) is 69.4 Å². The number of rotatable bonds is 4. The van der Waals surface area contributed by atoms with E-state index in [1.54, 1.807) is 18.7 Å². The molecule has 25 heavy (non-hydrogen) atoms. The van der Waals surface area contributed by atoms with Crippen LogP contribution in [0.4, 0.5) is 0 Å². The van der Waals surface area contributed by atoms with Crippen LogP contribution in [-0.4, -0.2) is 29.7 Å². The Morgan fingerprint density at radius 3 is 2.68 bits per heavy atom. The average Bonchev–Trinajstić information content (AvgIpc) is 3.05. The molecule has 0 N–H and O–H groups in total. The molecule has 0 saturated carbocycles. The lowest BCUT2D eigenvalue weighted by Crippen LogP contribution is -2.00. The number of fused-ring (bicyclic) bond motifs is 1. The van der Waals surface area contributed by atoms with Crippen molar-refractivity contribution in [3.8, 4) is 11.4 Å². The Labute approximate surface area is 149 Å². The van der Waals surface area contributed by atoms with Crippen LogP contribution in [0.2, 0.25) is 0 Å². The number of hydrogen-bond donors (Lipinski definition) is 0. The van der Waals surface area contributed by atoms with Crippen LogP contribution in [0.5, 0.6) is 0 Å². The lowest BCUT2D eigenvalue weighted by molar-refractivity contribution is 0.687. The molecule has 7 heteroatoms. The molecular formula is C18H16N6S. The Bertz CT molecular complexity index is 1030. The minimum absolute atomic E-state index is 0.773. The highest BCUT2D eigenvalue weighted by atomic mass is 32.2. The van der Waals surface area contributed by atoms with Crippen molar-refractivity contribution in [2.75, 3.05) is 0 Å². The second-order valence-corrected chi connectivity index (χ2v) is 6.54. The van der Waals surface area contributed by atoms with Gasteiger partial charge in [-0.3, -0.25) is 4.98 Å². The minimum atomic E-state index is 0.773. The van der Waals surface area contributed by atoms with Gasteiger partial charge in [0.05, 0.1) is 5.52 Å². The number of aromatic nitrogens is 6. The van der Waals surface area contributed by atoms with Crippen LogP contribution >= 0.6 is 11.8 Å². The zero-order chi connectivity index (χ0) is 17.2. The Hall–Kier alpha value is -2.80. The smallest absolute Gasteiger partial charge is 0.197 e. The summed E-state index contributed by atoms with van der Waals surface area (Å²) in [7, 11) is 0. The lowest BCUT2D eigenvalue weighted by atomic mass is 10.2. The zero-order valence-electron chi connectivity index (χ0n) is 13.9. The first-order valence-corrected chi connectivity index (χ1v) is 8.80. The van der Waals surface area contributed by atoms with Crippen LogP contribution in [0.3, 0.4) is 0 Å². The third kappa shape index (κ3) is 2.98. The maximum Gasteiger partial charge on any atom is 0.197 e. The van der Waals surface area contributed by atoms with Crippen LogP contribution in [0, 0.1) is 6.92 Å². The predicted octanol–water partition coefficient (Wildman–Crippen LogP) is 3.76. The SMILES string of the molecule is CCn1c(Sc2ncnc3ccc(C)cc23)nnc1-c1ccncc1. The lowest BCUT2D eigenvalue weighted by Gasteiger charge is -2.08. The zero-order valence-corrected chi connectivity index (χ0v) is 14.7. The quantitative estimate of drug-likeness (QED) is 0.523. The Balaban J connectivity index is 1.77. The molecule has 1 aromatic carbocycles. The van der Waals surface area contributed by atoms with E-state index in [1.165, 1.54) is 17.3 Å². The largest absolute Gasteiger partial charge is 0.302 e. The summed E-state index contributed by atoms with van der Waals surface area (Å²) in [5.74, 6) is 0.835. The van der Waals surface area contributed by atoms with Gasteiger partial charge in [-0.05, 0) is 49.9 Å². The monoisotopic (exact) mass is 348 g/mol. The van der Waals surface area contributed by atoms with Gasteiger partial charge < -0.3 is 4.57 Å². The van der Waals surface area contributed by atoms with Crippen molar-refractivity contribution in [1.82, 2.24) is 29.7 Å². The number of benzene rings is 1. The normalized spacial score (nSPS) is 11.1. The van der Waals surface area contributed by atoms with Crippen molar-refractivity contribution >= 4 is 22.7 Å². The molecule has 4 rings (SSSR count). The minimum Gasteiger partial charge on any atom is -0.302 e. The summed E-state index contributed by atoms with van der Waals surface area (Å²) in [5, 5.41) is 11.5. The molecular weight excluding hydrogens is 332 g/mol.